The molecule has 1 fully saturated rings. The zero-order chi connectivity index (χ0) is 14.3. The van der Waals surface area contributed by atoms with Gasteiger partial charge in [0.15, 0.2) is 0 Å². The van der Waals surface area contributed by atoms with Gasteiger partial charge in [-0.3, -0.25) is 0 Å². The second-order valence-electron chi connectivity index (χ2n) is 7.37. The number of aliphatic hydroxyl groups excluding tert-OH is 1. The van der Waals surface area contributed by atoms with Gasteiger partial charge in [-0.15, -0.1) is 0 Å². The molecule has 106 valence electrons. The molecule has 1 amide bonds. The lowest BCUT2D eigenvalue weighted by Gasteiger charge is -2.37. The predicted octanol–water partition coefficient (Wildman–Crippen LogP) is 2.65. The highest BCUT2D eigenvalue weighted by atomic mass is 16.6. The lowest BCUT2D eigenvalue weighted by Crippen LogP contribution is -2.47. The van der Waals surface area contributed by atoms with E-state index in [1.54, 1.807) is 4.90 Å². The highest BCUT2D eigenvalue weighted by Gasteiger charge is 2.47. The highest BCUT2D eigenvalue weighted by Crippen LogP contribution is 2.37. The van der Waals surface area contributed by atoms with E-state index >= 15 is 0 Å². The smallest absolute Gasteiger partial charge is 0.410 e. The summed E-state index contributed by atoms with van der Waals surface area (Å²) in [7, 11) is 0. The van der Waals surface area contributed by atoms with Crippen molar-refractivity contribution >= 4 is 6.09 Å². The number of carbonyl (C=O) groups excluding carboxylic acids is 1. The molecule has 4 nitrogen and oxygen atoms in total. The van der Waals surface area contributed by atoms with Crippen molar-refractivity contribution in [3.8, 4) is 0 Å². The van der Waals surface area contributed by atoms with Crippen molar-refractivity contribution in [2.24, 2.45) is 11.3 Å². The SMILES string of the molecule is C[C@H]1[C@H](O)CN(C(=O)OC(C)(C)C)[C@@H]1C(C)(C)C. The lowest BCUT2D eigenvalue weighted by molar-refractivity contribution is 0.00850. The number of ether oxygens (including phenoxy) is 1. The zero-order valence-electron chi connectivity index (χ0n) is 12.7. The van der Waals surface area contributed by atoms with Gasteiger partial charge in [0.25, 0.3) is 0 Å². The molecule has 0 saturated carbocycles. The third kappa shape index (κ3) is 3.37. The molecule has 1 saturated heterocycles. The highest BCUT2D eigenvalue weighted by molar-refractivity contribution is 5.69. The van der Waals surface area contributed by atoms with Crippen LogP contribution in [-0.2, 0) is 4.74 Å². The van der Waals surface area contributed by atoms with Crippen LogP contribution in [-0.4, -0.2) is 40.4 Å². The number of hydrogen-bond donors (Lipinski definition) is 1. The van der Waals surface area contributed by atoms with E-state index in [-0.39, 0.29) is 23.5 Å². The summed E-state index contributed by atoms with van der Waals surface area (Å²) in [4.78, 5) is 13.9. The summed E-state index contributed by atoms with van der Waals surface area (Å²) in [6.45, 7) is 14.2. The van der Waals surface area contributed by atoms with E-state index < -0.39 is 11.7 Å². The zero-order valence-corrected chi connectivity index (χ0v) is 12.7. The minimum absolute atomic E-state index is 0.00218. The van der Waals surface area contributed by atoms with Gasteiger partial charge in [-0.05, 0) is 26.2 Å². The van der Waals surface area contributed by atoms with Gasteiger partial charge in [0.05, 0.1) is 12.6 Å². The molecule has 1 heterocycles. The van der Waals surface area contributed by atoms with E-state index in [0.29, 0.717) is 6.54 Å². The quantitative estimate of drug-likeness (QED) is 0.726. The fourth-order valence-electron chi connectivity index (χ4n) is 2.74. The van der Waals surface area contributed by atoms with Crippen molar-refractivity contribution in [3.05, 3.63) is 0 Å². The van der Waals surface area contributed by atoms with Crippen molar-refractivity contribution < 1.29 is 14.6 Å². The number of likely N-dealkylation sites (tertiary alicyclic amines) is 1. The molecule has 18 heavy (non-hydrogen) atoms. The number of nitrogens with zero attached hydrogens (tertiary/aromatic N) is 1. The van der Waals surface area contributed by atoms with Crippen LogP contribution >= 0.6 is 0 Å². The molecule has 0 spiro atoms. The average Bonchev–Trinajstić information content (AvgIpc) is 2.39. The summed E-state index contributed by atoms with van der Waals surface area (Å²) in [5.41, 5.74) is -0.579. The van der Waals surface area contributed by atoms with E-state index in [9.17, 15) is 9.90 Å². The minimum atomic E-state index is -0.504. The molecule has 0 aromatic heterocycles. The Hall–Kier alpha value is -0.770. The van der Waals surface area contributed by atoms with Crippen LogP contribution in [0.15, 0.2) is 0 Å². The normalized spacial score (nSPS) is 29.6. The van der Waals surface area contributed by atoms with E-state index in [1.165, 1.54) is 0 Å². The molecule has 1 N–H and O–H groups in total. The summed E-state index contributed by atoms with van der Waals surface area (Å²) in [6, 6.07) is 0.00218. The number of carbonyl (C=O) groups is 1. The maximum absolute atomic E-state index is 12.2. The number of β-amino-alcohol motifs (C(OH)–C–C–N with tert-alkyl or cyclic N) is 1. The molecule has 4 heteroatoms. The van der Waals surface area contributed by atoms with Gasteiger partial charge < -0.3 is 14.7 Å². The number of rotatable bonds is 0. The Morgan fingerprint density at radius 1 is 1.22 bits per heavy atom. The second-order valence-corrected chi connectivity index (χ2v) is 7.37. The first-order chi connectivity index (χ1) is 7.93. The molecule has 0 unspecified atom stereocenters. The lowest BCUT2D eigenvalue weighted by atomic mass is 9.80. The van der Waals surface area contributed by atoms with Gasteiger partial charge in [-0.25, -0.2) is 4.79 Å². The Morgan fingerprint density at radius 2 is 1.72 bits per heavy atom. The summed E-state index contributed by atoms with van der Waals surface area (Å²) in [6.07, 6.45) is -0.799. The summed E-state index contributed by atoms with van der Waals surface area (Å²) in [5, 5.41) is 10.00. The summed E-state index contributed by atoms with van der Waals surface area (Å²) < 4.78 is 5.42. The maximum Gasteiger partial charge on any atom is 0.410 e. The molecule has 0 radical (unpaired) electrons. The van der Waals surface area contributed by atoms with Gasteiger partial charge in [-0.2, -0.15) is 0 Å². The van der Waals surface area contributed by atoms with Crippen molar-refractivity contribution in [3.63, 3.8) is 0 Å². The molecule has 0 aromatic carbocycles. The van der Waals surface area contributed by atoms with Crippen LogP contribution in [0.1, 0.15) is 48.5 Å². The standard InChI is InChI=1S/C14H27NO3/c1-9-10(16)8-15(11(9)13(2,3)4)12(17)18-14(5,6)7/h9-11,16H,8H2,1-7H3/t9-,10+,11-/m0/s1. The molecule has 1 aliphatic heterocycles. The van der Waals surface area contributed by atoms with Crippen molar-refractivity contribution in [1.82, 2.24) is 4.90 Å². The molecular weight excluding hydrogens is 230 g/mol. The first kappa shape index (κ1) is 15.3. The van der Waals surface area contributed by atoms with Crippen LogP contribution in [0.2, 0.25) is 0 Å². The Morgan fingerprint density at radius 3 is 2.11 bits per heavy atom. The largest absolute Gasteiger partial charge is 0.444 e. The van der Waals surface area contributed by atoms with E-state index in [2.05, 4.69) is 20.8 Å². The van der Waals surface area contributed by atoms with Gasteiger partial charge in [0.2, 0.25) is 0 Å². The fraction of sp³-hybridized carbons (Fsp3) is 0.929. The van der Waals surface area contributed by atoms with Crippen LogP contribution < -0.4 is 0 Å². The second kappa shape index (κ2) is 4.72. The topological polar surface area (TPSA) is 49.8 Å². The Kier molecular flexibility index (Phi) is 4.01. The van der Waals surface area contributed by atoms with Gasteiger partial charge in [0, 0.05) is 12.0 Å². The van der Waals surface area contributed by atoms with E-state index in [4.69, 9.17) is 4.74 Å². The molecule has 3 atom stereocenters. The van der Waals surface area contributed by atoms with Gasteiger partial charge in [0.1, 0.15) is 5.60 Å². The van der Waals surface area contributed by atoms with Crippen LogP contribution in [0.5, 0.6) is 0 Å². The number of aliphatic hydroxyl groups is 1. The monoisotopic (exact) mass is 257 g/mol. The Labute approximate surface area is 110 Å². The van der Waals surface area contributed by atoms with Crippen LogP contribution in [0.3, 0.4) is 0 Å². The van der Waals surface area contributed by atoms with E-state index in [1.807, 2.05) is 27.7 Å². The first-order valence-corrected chi connectivity index (χ1v) is 6.61. The minimum Gasteiger partial charge on any atom is -0.444 e. The molecule has 1 aliphatic rings. The number of hydrogen-bond acceptors (Lipinski definition) is 3. The van der Waals surface area contributed by atoms with E-state index in [0.717, 1.165) is 0 Å². The third-order valence-corrected chi connectivity index (χ3v) is 3.34. The van der Waals surface area contributed by atoms with Crippen molar-refractivity contribution in [2.45, 2.75) is 66.2 Å². The predicted molar refractivity (Wildman–Crippen MR) is 71.4 cm³/mol. The van der Waals surface area contributed by atoms with Crippen LogP contribution in [0.25, 0.3) is 0 Å². The van der Waals surface area contributed by atoms with Crippen LogP contribution in [0, 0.1) is 11.3 Å². The molecule has 1 rings (SSSR count). The fourth-order valence-corrected chi connectivity index (χ4v) is 2.74. The van der Waals surface area contributed by atoms with Crippen LogP contribution in [0.4, 0.5) is 4.79 Å². The Bertz CT molecular complexity index is 314. The van der Waals surface area contributed by atoms with Gasteiger partial charge in [-0.1, -0.05) is 27.7 Å². The molecular formula is C14H27NO3. The molecule has 0 aliphatic carbocycles. The average molecular weight is 257 g/mol. The maximum atomic E-state index is 12.2. The number of amides is 1. The van der Waals surface area contributed by atoms with Crippen molar-refractivity contribution in [2.75, 3.05) is 6.54 Å². The summed E-state index contributed by atoms with van der Waals surface area (Å²) in [5.74, 6) is 0.0671. The summed E-state index contributed by atoms with van der Waals surface area (Å²) >= 11 is 0. The molecule has 0 bridgehead atoms. The third-order valence-electron chi connectivity index (χ3n) is 3.34. The Balaban J connectivity index is 2.90. The molecule has 0 aromatic rings. The van der Waals surface area contributed by atoms with Gasteiger partial charge >= 0.3 is 6.09 Å². The first-order valence-electron chi connectivity index (χ1n) is 6.61. The van der Waals surface area contributed by atoms with Crippen molar-refractivity contribution in [1.29, 1.82) is 0 Å².